The molecule has 2 heterocycles. The van der Waals surface area contributed by atoms with Crippen LogP contribution < -0.4 is 0 Å². The lowest BCUT2D eigenvalue weighted by molar-refractivity contribution is -0.243. The zero-order chi connectivity index (χ0) is 58.5. The van der Waals surface area contributed by atoms with E-state index in [-0.39, 0.29) is 58.4 Å². The minimum absolute atomic E-state index is 0.0570. The van der Waals surface area contributed by atoms with Gasteiger partial charge in [0.1, 0.15) is 12.2 Å². The van der Waals surface area contributed by atoms with Crippen molar-refractivity contribution in [1.29, 1.82) is 0 Å². The number of esters is 3. The molecule has 2 aliphatic heterocycles. The van der Waals surface area contributed by atoms with Gasteiger partial charge < -0.3 is 38.3 Å². The molecule has 13 rings (SSSR count). The number of hydrogen-bond acceptors (Lipinski definition) is 11. The molecule has 0 aromatic heterocycles. The molecule has 2 spiro atoms. The van der Waals surface area contributed by atoms with Crippen molar-refractivity contribution in [3.05, 3.63) is 108 Å². The molecule has 0 bridgehead atoms. The molecule has 8 saturated carbocycles. The molecule has 11 heteroatoms. The van der Waals surface area contributed by atoms with Gasteiger partial charge in [-0.05, 0) is 220 Å². The van der Waals surface area contributed by atoms with E-state index in [2.05, 4.69) is 41.5 Å². The van der Waals surface area contributed by atoms with Gasteiger partial charge >= 0.3 is 17.9 Å². The van der Waals surface area contributed by atoms with Gasteiger partial charge in [0.2, 0.25) is 0 Å². The molecule has 3 aromatic rings. The van der Waals surface area contributed by atoms with Gasteiger partial charge in [-0.25, -0.2) is 14.4 Å². The number of rotatable bonds is 14. The Labute approximate surface area is 502 Å². The van der Waals surface area contributed by atoms with Crippen molar-refractivity contribution in [2.75, 3.05) is 39.6 Å². The Morgan fingerprint density at radius 2 is 0.869 bits per heavy atom. The molecule has 2 saturated heterocycles. The first kappa shape index (κ1) is 60.2. The summed E-state index contributed by atoms with van der Waals surface area (Å²) in [4.78, 5) is 39.5. The minimum atomic E-state index is -0.447. The predicted molar refractivity (Wildman–Crippen MR) is 322 cm³/mol. The highest BCUT2D eigenvalue weighted by molar-refractivity contribution is 5.90. The van der Waals surface area contributed by atoms with Gasteiger partial charge in [-0.3, -0.25) is 0 Å². The molecule has 0 radical (unpaired) electrons. The summed E-state index contributed by atoms with van der Waals surface area (Å²) < 4.78 is 43.7. The van der Waals surface area contributed by atoms with Crippen LogP contribution in [0.15, 0.2) is 91.0 Å². The van der Waals surface area contributed by atoms with E-state index < -0.39 is 11.6 Å². The monoisotopic (exact) mass is 1150 g/mol. The lowest BCUT2D eigenvalue weighted by Crippen LogP contribution is -2.60. The number of ether oxygens (including phenoxy) is 7. The molecule has 3 aromatic carbocycles. The first-order valence-electron chi connectivity index (χ1n) is 33.4. The number of carbonyl (C=O) groups excluding carboxylic acids is 3. The average molecular weight is 1150 g/mol. The fourth-order valence-corrected chi connectivity index (χ4v) is 21.6. The number of carbonyl (C=O) groups is 3. The normalized spacial score (nSPS) is 39.2. The molecule has 10 aliphatic rings. The largest absolute Gasteiger partial charge is 0.462 e. The van der Waals surface area contributed by atoms with Crippen LogP contribution in [0.1, 0.15) is 201 Å². The summed E-state index contributed by atoms with van der Waals surface area (Å²) >= 11 is 0. The third-order valence-electron chi connectivity index (χ3n) is 25.9. The Bertz CT molecular complexity index is 2720. The molecule has 10 fully saturated rings. The van der Waals surface area contributed by atoms with Gasteiger partial charge in [0.25, 0.3) is 0 Å². The Morgan fingerprint density at radius 1 is 0.488 bits per heavy atom. The lowest BCUT2D eigenvalue weighted by Gasteiger charge is -2.63. The molecule has 1 N–H and O–H groups in total. The molecule has 11 nitrogen and oxygen atoms in total. The van der Waals surface area contributed by atoms with Crippen LogP contribution in [0.4, 0.5) is 0 Å². The fourth-order valence-electron chi connectivity index (χ4n) is 21.6. The highest BCUT2D eigenvalue weighted by Crippen LogP contribution is 2.72. The van der Waals surface area contributed by atoms with Crippen molar-refractivity contribution in [3.8, 4) is 0 Å². The van der Waals surface area contributed by atoms with Gasteiger partial charge in [-0.2, -0.15) is 0 Å². The molecular weight excluding hydrogens is 1050 g/mol. The maximum Gasteiger partial charge on any atom is 0.338 e. The topological polar surface area (TPSA) is 136 Å². The van der Waals surface area contributed by atoms with Crippen molar-refractivity contribution in [3.63, 3.8) is 0 Å². The highest BCUT2D eigenvalue weighted by atomic mass is 16.7. The van der Waals surface area contributed by atoms with Crippen LogP contribution in [0.5, 0.6) is 0 Å². The SMILES string of the molecule is C[C@H](CCCO)[C@H]1CCC2C3C(CC[C@@]21C)[C@@]1(C)CCC2(C[C@@H]1C[C@H]3OC(=O)c1ccccc1)OCCO2.C[C@H](CCCOC(=O)c1ccccc1)[C@H]1CCC2C3C(CC[C@@]21C)[C@@]1(C)CCC2(C[C@@H]1C[C@H]3OC(=O)c1ccccc1)OCCO2. The summed E-state index contributed by atoms with van der Waals surface area (Å²) in [6.45, 7) is 18.5. The Morgan fingerprint density at radius 3 is 1.27 bits per heavy atom. The molecular formula is C73H100O11. The molecule has 6 unspecified atom stereocenters. The van der Waals surface area contributed by atoms with E-state index in [4.69, 9.17) is 33.2 Å². The molecule has 0 amide bonds. The molecule has 84 heavy (non-hydrogen) atoms. The fraction of sp³-hybridized carbons (Fsp3) is 0.712. The zero-order valence-electron chi connectivity index (χ0n) is 51.7. The number of hydrogen-bond donors (Lipinski definition) is 1. The standard InChI is InChI=1S/C40H52O6.C33H48O5/c1-27(11-10-22-43-36(41)28-12-6-4-7-13-28)31-16-17-32-35-33(18-19-39(31,32)3)38(2)20-21-40(44-23-24-45-40)26-30(38)25-34(35)46-37(42)29-14-8-5-9-15-29;1-22(8-7-17-34)25-11-12-26-29-27(13-14-32(25,26)3)31(2)15-16-33(36-18-19-37-33)21-24(31)20-28(29)38-30(35)23-9-5-4-6-10-23/h4-9,12-15,27,30-35H,10-11,16-26H2,1-3H3;4-6,9-10,22,24-29,34H,7-8,11-21H2,1-3H3/t27-,30+,31-,32?,33?,34-,35?,38+,39-;22-,24+,25-,26?,27?,28-,29?,31+,32-/m11/s1. The summed E-state index contributed by atoms with van der Waals surface area (Å²) in [5.41, 5.74) is 2.84. The van der Waals surface area contributed by atoms with Gasteiger partial charge in [-0.15, -0.1) is 0 Å². The Balaban J connectivity index is 0.000000168. The number of aliphatic hydroxyl groups excluding tert-OH is 1. The van der Waals surface area contributed by atoms with E-state index in [0.29, 0.717) is 121 Å². The second kappa shape index (κ2) is 24.4. The summed E-state index contributed by atoms with van der Waals surface area (Å²) in [5, 5.41) is 9.47. The van der Waals surface area contributed by atoms with Gasteiger partial charge in [0.15, 0.2) is 11.6 Å². The van der Waals surface area contributed by atoms with E-state index >= 15 is 0 Å². The molecule has 18 atom stereocenters. The van der Waals surface area contributed by atoms with Crippen LogP contribution in [-0.2, 0) is 33.2 Å². The lowest BCUT2D eigenvalue weighted by atomic mass is 9.43. The summed E-state index contributed by atoms with van der Waals surface area (Å²) in [5.74, 6) is 4.87. The van der Waals surface area contributed by atoms with Crippen LogP contribution in [0, 0.1) is 92.7 Å². The van der Waals surface area contributed by atoms with Crippen molar-refractivity contribution < 1.29 is 52.6 Å². The van der Waals surface area contributed by atoms with E-state index in [0.717, 1.165) is 77.0 Å². The first-order chi connectivity index (χ1) is 40.5. The van der Waals surface area contributed by atoms with Crippen LogP contribution >= 0.6 is 0 Å². The van der Waals surface area contributed by atoms with Crippen LogP contribution in [0.25, 0.3) is 0 Å². The maximum absolute atomic E-state index is 13.6. The van der Waals surface area contributed by atoms with E-state index in [1.165, 1.54) is 51.4 Å². The summed E-state index contributed by atoms with van der Waals surface area (Å²) in [6, 6.07) is 28.3. The third kappa shape index (κ3) is 11.2. The van der Waals surface area contributed by atoms with Crippen molar-refractivity contribution in [2.45, 2.75) is 194 Å². The van der Waals surface area contributed by atoms with Crippen LogP contribution in [0.3, 0.4) is 0 Å². The van der Waals surface area contributed by atoms with Gasteiger partial charge in [0.05, 0.1) is 49.7 Å². The van der Waals surface area contributed by atoms with E-state index in [9.17, 15) is 19.5 Å². The summed E-state index contributed by atoms with van der Waals surface area (Å²) in [6.07, 6.45) is 21.5. The second-order valence-corrected chi connectivity index (χ2v) is 29.6. The van der Waals surface area contributed by atoms with Crippen LogP contribution in [0.2, 0.25) is 0 Å². The Hall–Kier alpha value is -4.13. The van der Waals surface area contributed by atoms with Crippen LogP contribution in [-0.4, -0.2) is 86.4 Å². The van der Waals surface area contributed by atoms with Gasteiger partial charge in [0, 0.05) is 44.1 Å². The zero-order valence-corrected chi connectivity index (χ0v) is 51.7. The van der Waals surface area contributed by atoms with Crippen molar-refractivity contribution in [2.24, 2.45) is 92.7 Å². The number of benzene rings is 3. The second-order valence-electron chi connectivity index (χ2n) is 29.6. The maximum atomic E-state index is 13.6. The van der Waals surface area contributed by atoms with E-state index in [1.807, 2.05) is 78.9 Å². The highest BCUT2D eigenvalue weighted by Gasteiger charge is 2.67. The molecule has 8 aliphatic carbocycles. The minimum Gasteiger partial charge on any atom is -0.462 e. The smallest absolute Gasteiger partial charge is 0.338 e. The quantitative estimate of drug-likeness (QED) is 0.0938. The van der Waals surface area contributed by atoms with Crippen molar-refractivity contribution in [1.82, 2.24) is 0 Å². The number of aliphatic hydroxyl groups is 1. The predicted octanol–water partition coefficient (Wildman–Crippen LogP) is 15.1. The number of fused-ring (bicyclic) bond motifs is 10. The molecule has 458 valence electrons. The summed E-state index contributed by atoms with van der Waals surface area (Å²) in [7, 11) is 0. The first-order valence-corrected chi connectivity index (χ1v) is 33.4. The van der Waals surface area contributed by atoms with Crippen molar-refractivity contribution >= 4 is 17.9 Å². The Kier molecular flexibility index (Phi) is 17.5. The third-order valence-corrected chi connectivity index (χ3v) is 25.9. The average Bonchev–Trinajstić information content (AvgIpc) is 2.52. The van der Waals surface area contributed by atoms with E-state index in [1.54, 1.807) is 12.1 Å². The van der Waals surface area contributed by atoms with Gasteiger partial charge in [-0.1, -0.05) is 96.1 Å².